The van der Waals surface area contributed by atoms with E-state index in [1.54, 1.807) is 6.92 Å². The van der Waals surface area contributed by atoms with E-state index >= 15 is 0 Å². The van der Waals surface area contributed by atoms with Crippen molar-refractivity contribution in [2.75, 3.05) is 0 Å². The molecule has 1 rings (SSSR count). The Hall–Kier alpha value is -1.37. The molecular formula is C18H26O. The molecule has 1 aromatic carbocycles. The van der Waals surface area contributed by atoms with Crippen LogP contribution in [0.15, 0.2) is 42.0 Å². The van der Waals surface area contributed by atoms with Crippen molar-refractivity contribution in [2.45, 2.75) is 58.8 Å². The molecule has 0 aliphatic rings. The second kappa shape index (κ2) is 8.68. The zero-order valence-corrected chi connectivity index (χ0v) is 12.5. The Morgan fingerprint density at radius 1 is 1.21 bits per heavy atom. The van der Waals surface area contributed by atoms with Crippen molar-refractivity contribution in [1.82, 2.24) is 0 Å². The van der Waals surface area contributed by atoms with E-state index in [-0.39, 0.29) is 5.78 Å². The van der Waals surface area contributed by atoms with Crippen LogP contribution in [-0.4, -0.2) is 5.78 Å². The molecule has 1 aromatic rings. The lowest BCUT2D eigenvalue weighted by Crippen LogP contribution is -2.01. The second-order valence-electron chi connectivity index (χ2n) is 5.26. The first-order valence-electron chi connectivity index (χ1n) is 7.38. The average Bonchev–Trinajstić information content (AvgIpc) is 2.42. The smallest absolute Gasteiger partial charge is 0.130 e. The van der Waals surface area contributed by atoms with E-state index in [9.17, 15) is 4.79 Å². The van der Waals surface area contributed by atoms with Gasteiger partial charge in [0.25, 0.3) is 0 Å². The minimum Gasteiger partial charge on any atom is -0.300 e. The molecule has 1 nitrogen and oxygen atoms in total. The number of Topliss-reactive ketones (excluding diaryl/α,β-unsaturated/α-hetero) is 1. The van der Waals surface area contributed by atoms with Gasteiger partial charge in [-0.05, 0) is 25.3 Å². The predicted octanol–water partition coefficient (Wildman–Crippen LogP) is 5.28. The molecule has 1 atom stereocenters. The zero-order chi connectivity index (χ0) is 14.1. The third-order valence-corrected chi connectivity index (χ3v) is 3.59. The van der Waals surface area contributed by atoms with Crippen molar-refractivity contribution in [2.24, 2.45) is 0 Å². The first kappa shape index (κ1) is 15.7. The highest BCUT2D eigenvalue weighted by molar-refractivity contribution is 5.75. The molecule has 0 heterocycles. The van der Waals surface area contributed by atoms with Gasteiger partial charge in [0.1, 0.15) is 5.78 Å². The van der Waals surface area contributed by atoms with Crippen molar-refractivity contribution in [3.63, 3.8) is 0 Å². The largest absolute Gasteiger partial charge is 0.300 e. The Morgan fingerprint density at radius 3 is 2.47 bits per heavy atom. The highest BCUT2D eigenvalue weighted by atomic mass is 16.1. The van der Waals surface area contributed by atoms with Crippen LogP contribution in [0.1, 0.15) is 64.4 Å². The van der Waals surface area contributed by atoms with Crippen LogP contribution in [-0.2, 0) is 4.79 Å². The standard InChI is InChI=1S/C18H26O/c1-4-5-7-10-18(14-13-15(2)19)16(3)17-11-8-6-9-12-17/h6,8-12,16H,4-5,7,13-14H2,1-3H3/b18-10-/t16-/m1/s1. The number of carbonyl (C=O) groups excluding carboxylic acids is 1. The van der Waals surface area contributed by atoms with Gasteiger partial charge in [0, 0.05) is 12.3 Å². The quantitative estimate of drug-likeness (QED) is 0.458. The summed E-state index contributed by atoms with van der Waals surface area (Å²) in [5.41, 5.74) is 2.75. The van der Waals surface area contributed by atoms with Crippen LogP contribution >= 0.6 is 0 Å². The van der Waals surface area contributed by atoms with Gasteiger partial charge >= 0.3 is 0 Å². The molecule has 0 aliphatic heterocycles. The van der Waals surface area contributed by atoms with Gasteiger partial charge in [-0.3, -0.25) is 0 Å². The van der Waals surface area contributed by atoms with Crippen molar-refractivity contribution in [3.05, 3.63) is 47.5 Å². The van der Waals surface area contributed by atoms with Gasteiger partial charge in [-0.1, -0.05) is 68.7 Å². The van der Waals surface area contributed by atoms with E-state index in [2.05, 4.69) is 44.2 Å². The normalized spacial score (nSPS) is 13.3. The molecule has 0 saturated heterocycles. The first-order valence-corrected chi connectivity index (χ1v) is 7.38. The molecule has 0 aromatic heterocycles. The Balaban J connectivity index is 2.76. The SMILES string of the molecule is CCCC/C=C(/CCC(C)=O)[C@H](C)c1ccccc1. The minimum atomic E-state index is 0.279. The van der Waals surface area contributed by atoms with Crippen molar-refractivity contribution in [3.8, 4) is 0 Å². The number of ketones is 1. The Morgan fingerprint density at radius 2 is 1.89 bits per heavy atom. The molecule has 0 saturated carbocycles. The molecule has 104 valence electrons. The molecule has 0 bridgehead atoms. The lowest BCUT2D eigenvalue weighted by atomic mass is 9.88. The van der Waals surface area contributed by atoms with Gasteiger partial charge in [-0.15, -0.1) is 0 Å². The zero-order valence-electron chi connectivity index (χ0n) is 12.5. The number of hydrogen-bond acceptors (Lipinski definition) is 1. The van der Waals surface area contributed by atoms with Crippen molar-refractivity contribution in [1.29, 1.82) is 0 Å². The van der Waals surface area contributed by atoms with Crippen LogP contribution in [0.5, 0.6) is 0 Å². The fraction of sp³-hybridized carbons (Fsp3) is 0.500. The summed E-state index contributed by atoms with van der Waals surface area (Å²) in [7, 11) is 0. The number of unbranched alkanes of at least 4 members (excludes halogenated alkanes) is 2. The van der Waals surface area contributed by atoms with Crippen LogP contribution < -0.4 is 0 Å². The highest BCUT2D eigenvalue weighted by Gasteiger charge is 2.11. The fourth-order valence-electron chi connectivity index (χ4n) is 2.26. The first-order chi connectivity index (χ1) is 9.15. The Labute approximate surface area is 117 Å². The third kappa shape index (κ3) is 5.87. The summed E-state index contributed by atoms with van der Waals surface area (Å²) >= 11 is 0. The minimum absolute atomic E-state index is 0.279. The number of allylic oxidation sites excluding steroid dienone is 2. The lowest BCUT2D eigenvalue weighted by molar-refractivity contribution is -0.116. The molecule has 0 radical (unpaired) electrons. The van der Waals surface area contributed by atoms with Gasteiger partial charge in [-0.2, -0.15) is 0 Å². The third-order valence-electron chi connectivity index (χ3n) is 3.59. The Bertz CT molecular complexity index is 403. The molecule has 0 spiro atoms. The molecule has 0 fully saturated rings. The Kier molecular flexibility index (Phi) is 7.17. The summed E-state index contributed by atoms with van der Waals surface area (Å²) in [6, 6.07) is 10.6. The van der Waals surface area contributed by atoms with Gasteiger partial charge in [0.05, 0.1) is 0 Å². The highest BCUT2D eigenvalue weighted by Crippen LogP contribution is 2.27. The second-order valence-corrected chi connectivity index (χ2v) is 5.26. The average molecular weight is 258 g/mol. The molecule has 0 unspecified atom stereocenters. The number of carbonyl (C=O) groups is 1. The van der Waals surface area contributed by atoms with Crippen molar-refractivity contribution >= 4 is 5.78 Å². The van der Waals surface area contributed by atoms with E-state index < -0.39 is 0 Å². The summed E-state index contributed by atoms with van der Waals surface area (Å²) in [4.78, 5) is 11.2. The molecule has 1 heteroatoms. The maximum Gasteiger partial charge on any atom is 0.130 e. The monoisotopic (exact) mass is 258 g/mol. The summed E-state index contributed by atoms with van der Waals surface area (Å²) in [6.07, 6.45) is 7.48. The molecular weight excluding hydrogens is 232 g/mol. The fourth-order valence-corrected chi connectivity index (χ4v) is 2.26. The van der Waals surface area contributed by atoms with Gasteiger partial charge in [0.15, 0.2) is 0 Å². The molecule has 0 aliphatic carbocycles. The van der Waals surface area contributed by atoms with E-state index in [1.165, 1.54) is 24.0 Å². The predicted molar refractivity (Wildman–Crippen MR) is 82.4 cm³/mol. The van der Waals surface area contributed by atoms with Crippen LogP contribution in [0.25, 0.3) is 0 Å². The van der Waals surface area contributed by atoms with Crippen LogP contribution in [0.3, 0.4) is 0 Å². The van der Waals surface area contributed by atoms with E-state index in [0.717, 1.165) is 12.8 Å². The van der Waals surface area contributed by atoms with Crippen molar-refractivity contribution < 1.29 is 4.79 Å². The summed E-state index contributed by atoms with van der Waals surface area (Å²) in [5, 5.41) is 0. The number of benzene rings is 1. The van der Waals surface area contributed by atoms with Crippen LogP contribution in [0.2, 0.25) is 0 Å². The van der Waals surface area contributed by atoms with Gasteiger partial charge < -0.3 is 4.79 Å². The lowest BCUT2D eigenvalue weighted by Gasteiger charge is -2.16. The molecule has 19 heavy (non-hydrogen) atoms. The number of rotatable bonds is 8. The van der Waals surface area contributed by atoms with E-state index in [0.29, 0.717) is 12.3 Å². The van der Waals surface area contributed by atoms with Gasteiger partial charge in [0.2, 0.25) is 0 Å². The van der Waals surface area contributed by atoms with Gasteiger partial charge in [-0.25, -0.2) is 0 Å². The topological polar surface area (TPSA) is 17.1 Å². The number of hydrogen-bond donors (Lipinski definition) is 0. The maximum atomic E-state index is 11.2. The van der Waals surface area contributed by atoms with Crippen LogP contribution in [0.4, 0.5) is 0 Å². The summed E-state index contributed by atoms with van der Waals surface area (Å²) in [5.74, 6) is 0.694. The maximum absolute atomic E-state index is 11.2. The molecule has 0 amide bonds. The summed E-state index contributed by atoms with van der Waals surface area (Å²) in [6.45, 7) is 6.13. The van der Waals surface area contributed by atoms with E-state index in [1.807, 2.05) is 6.07 Å². The van der Waals surface area contributed by atoms with Crippen LogP contribution in [0, 0.1) is 0 Å². The molecule has 0 N–H and O–H groups in total. The summed E-state index contributed by atoms with van der Waals surface area (Å²) < 4.78 is 0. The van der Waals surface area contributed by atoms with E-state index in [4.69, 9.17) is 0 Å².